The van der Waals surface area contributed by atoms with Crippen molar-refractivity contribution >= 4 is 16.1 Å². The second-order valence-corrected chi connectivity index (χ2v) is 7.83. The molecule has 2 aliphatic heterocycles. The van der Waals surface area contributed by atoms with Crippen LogP contribution in [-0.4, -0.2) is 76.9 Å². The fourth-order valence-electron chi connectivity index (χ4n) is 2.62. The van der Waals surface area contributed by atoms with Crippen molar-refractivity contribution in [3.63, 3.8) is 0 Å². The molecule has 0 aromatic carbocycles. The zero-order chi connectivity index (χ0) is 17.7. The lowest BCUT2D eigenvalue weighted by Gasteiger charge is -2.39. The van der Waals surface area contributed by atoms with Crippen LogP contribution in [0.25, 0.3) is 0 Å². The summed E-state index contributed by atoms with van der Waals surface area (Å²) in [4.78, 5) is 10.6. The van der Waals surface area contributed by atoms with E-state index in [4.69, 9.17) is 18.4 Å². The molecule has 25 heavy (non-hydrogen) atoms. The maximum absolute atomic E-state index is 11.0. The third-order valence-corrected chi connectivity index (χ3v) is 4.45. The molecule has 1 atom stereocenters. The van der Waals surface area contributed by atoms with Crippen molar-refractivity contribution in [1.29, 1.82) is 0 Å². The molecule has 0 bridgehead atoms. The van der Waals surface area contributed by atoms with E-state index in [9.17, 15) is 8.42 Å². The van der Waals surface area contributed by atoms with Gasteiger partial charge in [0.1, 0.15) is 12.7 Å². The lowest BCUT2D eigenvalue weighted by molar-refractivity contribution is -0.118. The van der Waals surface area contributed by atoms with Crippen molar-refractivity contribution in [1.82, 2.24) is 9.97 Å². The molecule has 10 heteroatoms. The van der Waals surface area contributed by atoms with Crippen LogP contribution in [0.1, 0.15) is 5.69 Å². The van der Waals surface area contributed by atoms with Gasteiger partial charge in [-0.3, -0.25) is 4.18 Å². The Hall–Kier alpha value is -1.33. The molecule has 1 aromatic heterocycles. The maximum atomic E-state index is 11.0. The average Bonchev–Trinajstić information content (AvgIpc) is 2.56. The molecule has 0 saturated carbocycles. The highest BCUT2D eigenvalue weighted by molar-refractivity contribution is 7.85. The van der Waals surface area contributed by atoms with E-state index in [1.165, 1.54) is 0 Å². The van der Waals surface area contributed by atoms with Gasteiger partial charge in [-0.05, 0) is 6.07 Å². The second kappa shape index (κ2) is 8.37. The van der Waals surface area contributed by atoms with Crippen LogP contribution < -0.4 is 4.90 Å². The van der Waals surface area contributed by atoms with E-state index in [-0.39, 0.29) is 12.7 Å². The first-order valence-corrected chi connectivity index (χ1v) is 9.99. The molecular formula is C15H23N3O6S. The van der Waals surface area contributed by atoms with Gasteiger partial charge < -0.3 is 19.1 Å². The van der Waals surface area contributed by atoms with Crippen LogP contribution >= 0.6 is 0 Å². The van der Waals surface area contributed by atoms with Gasteiger partial charge in [-0.2, -0.15) is 8.42 Å². The van der Waals surface area contributed by atoms with Crippen molar-refractivity contribution < 1.29 is 26.8 Å². The molecular weight excluding hydrogens is 350 g/mol. The fraction of sp³-hybridized carbons (Fsp3) is 0.733. The first-order valence-electron chi connectivity index (χ1n) is 8.18. The number of hydrogen-bond donors (Lipinski definition) is 0. The minimum atomic E-state index is -3.49. The zero-order valence-electron chi connectivity index (χ0n) is 14.2. The third kappa shape index (κ3) is 5.86. The summed E-state index contributed by atoms with van der Waals surface area (Å²) in [7, 11) is -3.49. The Labute approximate surface area is 147 Å². The molecule has 0 N–H and O–H groups in total. The number of nitrogens with zero attached hydrogens (tertiary/aromatic N) is 3. The third-order valence-electron chi connectivity index (χ3n) is 3.90. The van der Waals surface area contributed by atoms with Crippen molar-refractivity contribution in [2.75, 3.05) is 57.3 Å². The van der Waals surface area contributed by atoms with Gasteiger partial charge in [-0.15, -0.1) is 0 Å². The van der Waals surface area contributed by atoms with Crippen molar-refractivity contribution in [3.8, 4) is 0 Å². The highest BCUT2D eigenvalue weighted by Gasteiger charge is 2.29. The Kier molecular flexibility index (Phi) is 6.18. The van der Waals surface area contributed by atoms with Gasteiger partial charge in [0.15, 0.2) is 0 Å². The molecule has 2 saturated heterocycles. The Morgan fingerprint density at radius 1 is 1.32 bits per heavy atom. The van der Waals surface area contributed by atoms with Gasteiger partial charge in [-0.1, -0.05) is 0 Å². The molecule has 3 rings (SSSR count). The molecule has 140 valence electrons. The summed E-state index contributed by atoms with van der Waals surface area (Å²) < 4.78 is 43.4. The van der Waals surface area contributed by atoms with Crippen LogP contribution in [-0.2, 0) is 35.1 Å². The van der Waals surface area contributed by atoms with Gasteiger partial charge in [0.05, 0.1) is 45.0 Å². The van der Waals surface area contributed by atoms with E-state index in [2.05, 4.69) is 9.97 Å². The lowest BCUT2D eigenvalue weighted by atomic mass is 10.0. The number of rotatable bonds is 8. The maximum Gasteiger partial charge on any atom is 0.264 e. The van der Waals surface area contributed by atoms with E-state index >= 15 is 0 Å². The fourth-order valence-corrected chi connectivity index (χ4v) is 2.96. The minimum Gasteiger partial charge on any atom is -0.378 e. The quantitative estimate of drug-likeness (QED) is 0.574. The average molecular weight is 373 g/mol. The summed E-state index contributed by atoms with van der Waals surface area (Å²) in [6, 6.07) is 1.64. The van der Waals surface area contributed by atoms with E-state index in [1.807, 2.05) is 4.90 Å². The Bertz CT molecular complexity index is 659. The molecule has 0 amide bonds. The Balaban J connectivity index is 1.38. The Morgan fingerprint density at radius 2 is 2.16 bits per heavy atom. The van der Waals surface area contributed by atoms with Gasteiger partial charge in [0.2, 0.25) is 5.95 Å². The summed E-state index contributed by atoms with van der Waals surface area (Å²) >= 11 is 0. The van der Waals surface area contributed by atoms with Crippen LogP contribution in [0.3, 0.4) is 0 Å². The molecule has 1 unspecified atom stereocenters. The molecule has 9 nitrogen and oxygen atoms in total. The van der Waals surface area contributed by atoms with E-state index in [0.29, 0.717) is 50.6 Å². The second-order valence-electron chi connectivity index (χ2n) is 6.19. The van der Waals surface area contributed by atoms with Gasteiger partial charge >= 0.3 is 0 Å². The topological polar surface area (TPSA) is 100 Å². The van der Waals surface area contributed by atoms with Crippen LogP contribution in [0.2, 0.25) is 0 Å². The van der Waals surface area contributed by atoms with Crippen LogP contribution in [0, 0.1) is 5.92 Å². The largest absolute Gasteiger partial charge is 0.378 e. The van der Waals surface area contributed by atoms with Gasteiger partial charge in [0, 0.05) is 25.2 Å². The molecule has 0 aliphatic carbocycles. The first-order chi connectivity index (χ1) is 12.0. The van der Waals surface area contributed by atoms with Gasteiger partial charge in [-0.25, -0.2) is 9.97 Å². The number of hydrogen-bond acceptors (Lipinski definition) is 9. The summed E-state index contributed by atoms with van der Waals surface area (Å²) in [6.07, 6.45) is 2.65. The standard InChI is InChI=1S/C15H23N3O6S/c1-25(19,20)24-9-13-2-3-16-15(17-13)18-6-12(7-18)8-22-11-14-10-21-4-5-23-14/h2-3,12,14H,4-11H2,1H3. The smallest absolute Gasteiger partial charge is 0.264 e. The SMILES string of the molecule is CS(=O)(=O)OCc1ccnc(N2CC(COCC3COCCO3)C2)n1. The van der Waals surface area contributed by atoms with Gasteiger partial charge in [0.25, 0.3) is 10.1 Å². The highest BCUT2D eigenvalue weighted by atomic mass is 32.2. The predicted octanol–water partition coefficient (Wildman–Crippen LogP) is -0.179. The molecule has 2 aliphatic rings. The zero-order valence-corrected chi connectivity index (χ0v) is 15.0. The van der Waals surface area contributed by atoms with Crippen LogP contribution in [0.4, 0.5) is 5.95 Å². The predicted molar refractivity (Wildman–Crippen MR) is 88.7 cm³/mol. The van der Waals surface area contributed by atoms with E-state index < -0.39 is 10.1 Å². The minimum absolute atomic E-state index is 0.0276. The van der Waals surface area contributed by atoms with E-state index in [1.54, 1.807) is 12.3 Å². The first kappa shape index (κ1) is 18.5. The summed E-state index contributed by atoms with van der Waals surface area (Å²) in [5.41, 5.74) is 0.532. The van der Waals surface area contributed by atoms with Crippen LogP contribution in [0.15, 0.2) is 12.3 Å². The van der Waals surface area contributed by atoms with Crippen molar-refractivity contribution in [2.24, 2.45) is 5.92 Å². The van der Waals surface area contributed by atoms with E-state index in [0.717, 1.165) is 19.3 Å². The molecule has 2 fully saturated rings. The highest BCUT2D eigenvalue weighted by Crippen LogP contribution is 2.21. The molecule has 1 aromatic rings. The molecule has 0 radical (unpaired) electrons. The normalized spacial score (nSPS) is 22.0. The number of ether oxygens (including phenoxy) is 3. The summed E-state index contributed by atoms with van der Waals surface area (Å²) in [5, 5.41) is 0. The van der Waals surface area contributed by atoms with Crippen molar-refractivity contribution in [2.45, 2.75) is 12.7 Å². The molecule has 3 heterocycles. The number of aromatic nitrogens is 2. The van der Waals surface area contributed by atoms with Crippen LogP contribution in [0.5, 0.6) is 0 Å². The van der Waals surface area contributed by atoms with Crippen molar-refractivity contribution in [3.05, 3.63) is 18.0 Å². The summed E-state index contributed by atoms with van der Waals surface area (Å²) in [5.74, 6) is 0.999. The Morgan fingerprint density at radius 3 is 2.88 bits per heavy atom. The lowest BCUT2D eigenvalue weighted by Crippen LogP contribution is -2.50. The monoisotopic (exact) mass is 373 g/mol. The number of anilines is 1. The summed E-state index contributed by atoms with van der Waals surface area (Å²) in [6.45, 7) is 4.60. The molecule has 0 spiro atoms.